The van der Waals surface area contributed by atoms with E-state index in [0.717, 1.165) is 25.9 Å². The Balaban J connectivity index is 1.79. The second-order valence-electron chi connectivity index (χ2n) is 5.07. The lowest BCUT2D eigenvalue weighted by atomic mass is 10.1. The van der Waals surface area contributed by atoms with Crippen molar-refractivity contribution in [1.82, 2.24) is 10.2 Å². The molecule has 0 unspecified atom stereocenters. The molecule has 0 bridgehead atoms. The zero-order valence-electron chi connectivity index (χ0n) is 11.7. The Bertz CT molecular complexity index is 530. The third kappa shape index (κ3) is 4.71. The highest BCUT2D eigenvalue weighted by Gasteiger charge is 2.16. The summed E-state index contributed by atoms with van der Waals surface area (Å²) in [6.07, 6.45) is 3.70. The van der Waals surface area contributed by atoms with E-state index < -0.39 is 0 Å². The van der Waals surface area contributed by atoms with Crippen molar-refractivity contribution in [2.45, 2.75) is 25.7 Å². The number of halogens is 2. The molecule has 1 heterocycles. The second kappa shape index (κ2) is 7.80. The van der Waals surface area contributed by atoms with Crippen LogP contribution in [0.1, 0.15) is 36.0 Å². The molecule has 1 fully saturated rings. The van der Waals surface area contributed by atoms with Crippen LogP contribution in [-0.4, -0.2) is 36.3 Å². The molecule has 1 saturated heterocycles. The number of nitrogens with zero attached hydrogens (tertiary/aromatic N) is 1. The molecule has 0 aliphatic carbocycles. The van der Waals surface area contributed by atoms with Crippen molar-refractivity contribution in [3.05, 3.63) is 33.3 Å². The van der Waals surface area contributed by atoms with E-state index in [1.807, 2.05) is 4.90 Å². The number of nitrogens with one attached hydrogen (secondary N) is 1. The molecule has 1 aliphatic rings. The Labute approximate surface area is 138 Å². The van der Waals surface area contributed by atoms with E-state index in [9.17, 15) is 9.59 Å². The minimum atomic E-state index is -0.204. The lowest BCUT2D eigenvalue weighted by Gasteiger charge is -2.26. The predicted octanol–water partition coefficient (Wildman–Crippen LogP) is 3.23. The summed E-state index contributed by atoms with van der Waals surface area (Å²) in [6, 6.07) is 5.00. The van der Waals surface area contributed by atoms with Crippen molar-refractivity contribution in [2.24, 2.45) is 0 Å². The molecule has 21 heavy (non-hydrogen) atoms. The number of amides is 2. The quantitative estimate of drug-likeness (QED) is 0.881. The molecule has 0 aromatic heterocycles. The maximum atomic E-state index is 12.0. The van der Waals surface area contributed by atoms with Crippen LogP contribution in [0.25, 0.3) is 0 Å². The van der Waals surface area contributed by atoms with Crippen molar-refractivity contribution in [3.63, 3.8) is 0 Å². The zero-order chi connectivity index (χ0) is 15.2. The second-order valence-corrected chi connectivity index (χ2v) is 6.36. The van der Waals surface area contributed by atoms with Gasteiger partial charge in [0.25, 0.3) is 5.91 Å². The van der Waals surface area contributed by atoms with Crippen molar-refractivity contribution in [1.29, 1.82) is 0 Å². The first kappa shape index (κ1) is 16.3. The first-order valence-corrected chi connectivity index (χ1v) is 8.26. The van der Waals surface area contributed by atoms with Crippen LogP contribution in [0.5, 0.6) is 0 Å². The molecule has 114 valence electrons. The number of hydrogen-bond acceptors (Lipinski definition) is 2. The van der Waals surface area contributed by atoms with Crippen LogP contribution in [0.4, 0.5) is 0 Å². The summed E-state index contributed by atoms with van der Waals surface area (Å²) < 4.78 is 0.648. The Hall–Kier alpha value is -1.07. The number of likely N-dealkylation sites (tertiary alicyclic amines) is 1. The van der Waals surface area contributed by atoms with Crippen LogP contribution >= 0.6 is 27.5 Å². The van der Waals surface area contributed by atoms with Gasteiger partial charge in [0.2, 0.25) is 5.91 Å². The third-order valence-corrected chi connectivity index (χ3v) is 4.40. The molecule has 1 aromatic rings. The van der Waals surface area contributed by atoms with Crippen molar-refractivity contribution in [2.75, 3.05) is 19.6 Å². The van der Waals surface area contributed by atoms with Gasteiger partial charge in [0.1, 0.15) is 0 Å². The molecule has 1 aliphatic heterocycles. The van der Waals surface area contributed by atoms with Gasteiger partial charge in [-0.05, 0) is 53.4 Å². The van der Waals surface area contributed by atoms with E-state index in [-0.39, 0.29) is 11.8 Å². The first-order chi connectivity index (χ1) is 10.1. The molecule has 0 atom stereocenters. The highest BCUT2D eigenvalue weighted by molar-refractivity contribution is 9.10. The Kier molecular flexibility index (Phi) is 6.06. The van der Waals surface area contributed by atoms with Gasteiger partial charge in [-0.15, -0.1) is 0 Å². The smallest absolute Gasteiger partial charge is 0.252 e. The van der Waals surface area contributed by atoms with Crippen LogP contribution in [0.2, 0.25) is 5.02 Å². The Morgan fingerprint density at radius 2 is 1.95 bits per heavy atom. The minimum Gasteiger partial charge on any atom is -0.351 e. The van der Waals surface area contributed by atoms with Crippen LogP contribution in [0.3, 0.4) is 0 Å². The Morgan fingerprint density at radius 3 is 2.62 bits per heavy atom. The van der Waals surface area contributed by atoms with Crippen molar-refractivity contribution >= 4 is 39.3 Å². The average Bonchev–Trinajstić information content (AvgIpc) is 2.47. The fourth-order valence-electron chi connectivity index (χ4n) is 2.35. The topological polar surface area (TPSA) is 49.4 Å². The first-order valence-electron chi connectivity index (χ1n) is 7.09. The average molecular weight is 374 g/mol. The fraction of sp³-hybridized carbons (Fsp3) is 0.467. The SMILES string of the molecule is O=C(NCCC(=O)N1CCCCC1)c1ccc(Cl)cc1Br. The van der Waals surface area contributed by atoms with Gasteiger partial charge >= 0.3 is 0 Å². The highest BCUT2D eigenvalue weighted by atomic mass is 79.9. The molecular formula is C15H18BrClN2O2. The predicted molar refractivity (Wildman–Crippen MR) is 86.5 cm³/mol. The largest absolute Gasteiger partial charge is 0.351 e. The summed E-state index contributed by atoms with van der Waals surface area (Å²) in [7, 11) is 0. The summed E-state index contributed by atoms with van der Waals surface area (Å²) in [6.45, 7) is 2.04. The van der Waals surface area contributed by atoms with Crippen LogP contribution in [0, 0.1) is 0 Å². The summed E-state index contributed by atoms with van der Waals surface area (Å²) in [5.74, 6) is -0.0878. The maximum Gasteiger partial charge on any atom is 0.252 e. The number of hydrogen-bond donors (Lipinski definition) is 1. The molecule has 4 nitrogen and oxygen atoms in total. The van der Waals surface area contributed by atoms with Crippen LogP contribution in [-0.2, 0) is 4.79 Å². The minimum absolute atomic E-state index is 0.116. The standard InChI is InChI=1S/C15H18BrClN2O2/c16-13-10-11(17)4-5-12(13)15(21)18-7-6-14(20)19-8-2-1-3-9-19/h4-5,10H,1-3,6-9H2,(H,18,21). The van der Waals surface area contributed by atoms with Gasteiger partial charge in [0, 0.05) is 35.6 Å². The molecule has 2 rings (SSSR count). The number of benzene rings is 1. The number of rotatable bonds is 4. The van der Waals surface area contributed by atoms with Crippen LogP contribution < -0.4 is 5.32 Å². The number of carbonyl (C=O) groups is 2. The third-order valence-electron chi connectivity index (χ3n) is 3.51. The van der Waals surface area contributed by atoms with Crippen molar-refractivity contribution < 1.29 is 9.59 Å². The lowest BCUT2D eigenvalue weighted by Crippen LogP contribution is -2.37. The number of carbonyl (C=O) groups excluding carboxylic acids is 2. The van der Waals surface area contributed by atoms with Crippen LogP contribution in [0.15, 0.2) is 22.7 Å². The molecule has 0 saturated carbocycles. The van der Waals surface area contributed by atoms with E-state index in [1.54, 1.807) is 18.2 Å². The summed E-state index contributed by atoms with van der Waals surface area (Å²) in [5, 5.41) is 3.34. The van der Waals surface area contributed by atoms with Gasteiger partial charge in [-0.2, -0.15) is 0 Å². The van der Waals surface area contributed by atoms with E-state index in [1.165, 1.54) is 6.42 Å². The summed E-state index contributed by atoms with van der Waals surface area (Å²) in [4.78, 5) is 25.9. The van der Waals surface area contributed by atoms with Gasteiger partial charge < -0.3 is 10.2 Å². The molecular weight excluding hydrogens is 356 g/mol. The lowest BCUT2D eigenvalue weighted by molar-refractivity contribution is -0.131. The molecule has 0 spiro atoms. The number of piperidine rings is 1. The fourth-order valence-corrected chi connectivity index (χ4v) is 3.22. The van der Waals surface area contributed by atoms with Crippen molar-refractivity contribution in [3.8, 4) is 0 Å². The van der Waals surface area contributed by atoms with E-state index in [4.69, 9.17) is 11.6 Å². The Morgan fingerprint density at radius 1 is 1.24 bits per heavy atom. The summed E-state index contributed by atoms with van der Waals surface area (Å²) >= 11 is 9.15. The van der Waals surface area contributed by atoms with Gasteiger partial charge in [0.05, 0.1) is 5.56 Å². The summed E-state index contributed by atoms with van der Waals surface area (Å²) in [5.41, 5.74) is 0.518. The zero-order valence-corrected chi connectivity index (χ0v) is 14.0. The van der Waals surface area contributed by atoms with Gasteiger partial charge in [-0.1, -0.05) is 11.6 Å². The molecule has 6 heteroatoms. The van der Waals surface area contributed by atoms with Gasteiger partial charge in [-0.3, -0.25) is 9.59 Å². The molecule has 0 radical (unpaired) electrons. The molecule has 1 aromatic carbocycles. The monoisotopic (exact) mass is 372 g/mol. The van der Waals surface area contributed by atoms with E-state index in [2.05, 4.69) is 21.2 Å². The normalized spacial score (nSPS) is 14.9. The molecule has 2 amide bonds. The maximum absolute atomic E-state index is 12.0. The molecule has 1 N–H and O–H groups in total. The highest BCUT2D eigenvalue weighted by Crippen LogP contribution is 2.21. The van der Waals surface area contributed by atoms with E-state index in [0.29, 0.717) is 28.0 Å². The van der Waals surface area contributed by atoms with Gasteiger partial charge in [-0.25, -0.2) is 0 Å². The van der Waals surface area contributed by atoms with Gasteiger partial charge in [0.15, 0.2) is 0 Å². The van der Waals surface area contributed by atoms with E-state index >= 15 is 0 Å².